The minimum Gasteiger partial charge on any atom is -0.385 e. The van der Waals surface area contributed by atoms with Gasteiger partial charge in [-0.1, -0.05) is 41.4 Å². The highest BCUT2D eigenvalue weighted by atomic mass is 35.5. The molecule has 0 saturated heterocycles. The lowest BCUT2D eigenvalue weighted by atomic mass is 9.90. The molecule has 1 atom stereocenters. The number of benzene rings is 1. The maximum atomic E-state index is 10.8. The Kier molecular flexibility index (Phi) is 4.21. The summed E-state index contributed by atoms with van der Waals surface area (Å²) in [5, 5.41) is 15.8. The summed E-state index contributed by atoms with van der Waals surface area (Å²) in [4.78, 5) is 0. The van der Waals surface area contributed by atoms with Gasteiger partial charge in [-0.3, -0.25) is 4.68 Å². The average molecular weight is 293 g/mol. The minimum absolute atomic E-state index is 0.448. The lowest BCUT2D eigenvalue weighted by Gasteiger charge is -2.24. The second-order valence-corrected chi connectivity index (χ2v) is 5.86. The van der Waals surface area contributed by atoms with Gasteiger partial charge in [-0.25, -0.2) is 0 Å². The SMILES string of the molecule is CCn1nc(C)c(Cl)c1CC(C)(O)c1ccc(C)cc1. The van der Waals surface area contributed by atoms with Gasteiger partial charge >= 0.3 is 0 Å². The zero-order valence-corrected chi connectivity index (χ0v) is 13.2. The van der Waals surface area contributed by atoms with E-state index in [1.165, 1.54) is 5.56 Å². The molecule has 1 aromatic heterocycles. The Hall–Kier alpha value is -1.32. The van der Waals surface area contributed by atoms with Crippen LogP contribution < -0.4 is 0 Å². The number of aromatic nitrogens is 2. The Morgan fingerprint density at radius 1 is 1.25 bits per heavy atom. The fraction of sp³-hybridized carbons (Fsp3) is 0.438. The summed E-state index contributed by atoms with van der Waals surface area (Å²) in [6.45, 7) is 8.50. The van der Waals surface area contributed by atoms with E-state index in [1.54, 1.807) is 0 Å². The average Bonchev–Trinajstić information content (AvgIpc) is 2.66. The highest BCUT2D eigenvalue weighted by Gasteiger charge is 2.27. The van der Waals surface area contributed by atoms with E-state index in [4.69, 9.17) is 11.6 Å². The quantitative estimate of drug-likeness (QED) is 0.934. The zero-order valence-electron chi connectivity index (χ0n) is 12.4. The first kappa shape index (κ1) is 15.1. The van der Waals surface area contributed by atoms with Crippen molar-refractivity contribution in [2.24, 2.45) is 0 Å². The van der Waals surface area contributed by atoms with Crippen LogP contribution in [-0.4, -0.2) is 14.9 Å². The van der Waals surface area contributed by atoms with E-state index < -0.39 is 5.60 Å². The molecule has 0 aliphatic rings. The van der Waals surface area contributed by atoms with Crippen molar-refractivity contribution in [2.45, 2.75) is 46.3 Å². The van der Waals surface area contributed by atoms with E-state index in [2.05, 4.69) is 5.10 Å². The summed E-state index contributed by atoms with van der Waals surface area (Å²) >= 11 is 6.32. The summed E-state index contributed by atoms with van der Waals surface area (Å²) in [7, 11) is 0. The first-order valence-electron chi connectivity index (χ1n) is 6.86. The molecule has 1 N–H and O–H groups in total. The summed E-state index contributed by atoms with van der Waals surface area (Å²) in [6.07, 6.45) is 0.448. The molecule has 2 aromatic rings. The monoisotopic (exact) mass is 292 g/mol. The third kappa shape index (κ3) is 2.89. The topological polar surface area (TPSA) is 38.0 Å². The van der Waals surface area contributed by atoms with E-state index in [9.17, 15) is 5.11 Å². The molecule has 0 radical (unpaired) electrons. The van der Waals surface area contributed by atoms with E-state index in [0.717, 1.165) is 23.5 Å². The number of rotatable bonds is 4. The van der Waals surface area contributed by atoms with Gasteiger partial charge in [0.25, 0.3) is 0 Å². The van der Waals surface area contributed by atoms with Crippen molar-refractivity contribution in [1.29, 1.82) is 0 Å². The van der Waals surface area contributed by atoms with Gasteiger partial charge < -0.3 is 5.11 Å². The minimum atomic E-state index is -0.962. The normalized spacial score (nSPS) is 14.3. The Morgan fingerprint density at radius 2 is 1.85 bits per heavy atom. The molecule has 0 amide bonds. The number of aliphatic hydroxyl groups is 1. The molecular formula is C16H21ClN2O. The van der Waals surface area contributed by atoms with Crippen LogP contribution in [0.1, 0.15) is 36.4 Å². The Balaban J connectivity index is 2.35. The number of hydrogen-bond donors (Lipinski definition) is 1. The van der Waals surface area contributed by atoms with Crippen LogP contribution in [-0.2, 0) is 18.6 Å². The smallest absolute Gasteiger partial charge is 0.0924 e. The van der Waals surface area contributed by atoms with Crippen LogP contribution in [0.15, 0.2) is 24.3 Å². The first-order valence-corrected chi connectivity index (χ1v) is 7.24. The predicted octanol–water partition coefficient (Wildman–Crippen LogP) is 3.62. The maximum Gasteiger partial charge on any atom is 0.0924 e. The maximum absolute atomic E-state index is 10.8. The first-order chi connectivity index (χ1) is 9.35. The van der Waals surface area contributed by atoms with Gasteiger partial charge in [0, 0.05) is 13.0 Å². The molecule has 4 heteroatoms. The van der Waals surface area contributed by atoms with Gasteiger partial charge in [-0.05, 0) is 33.3 Å². The Bertz CT molecular complexity index is 600. The van der Waals surface area contributed by atoms with Crippen molar-refractivity contribution in [3.8, 4) is 0 Å². The van der Waals surface area contributed by atoms with Crippen LogP contribution in [0.4, 0.5) is 0 Å². The van der Waals surface area contributed by atoms with Crippen molar-refractivity contribution >= 4 is 11.6 Å². The van der Waals surface area contributed by atoms with Crippen molar-refractivity contribution in [2.75, 3.05) is 0 Å². The lowest BCUT2D eigenvalue weighted by Crippen LogP contribution is -2.26. The molecule has 0 fully saturated rings. The highest BCUT2D eigenvalue weighted by molar-refractivity contribution is 6.31. The van der Waals surface area contributed by atoms with Crippen LogP contribution in [0, 0.1) is 13.8 Å². The fourth-order valence-corrected chi connectivity index (χ4v) is 2.58. The molecule has 0 saturated carbocycles. The number of hydrogen-bond acceptors (Lipinski definition) is 2. The van der Waals surface area contributed by atoms with Gasteiger partial charge in [0.2, 0.25) is 0 Å². The Labute approximate surface area is 125 Å². The van der Waals surface area contributed by atoms with Crippen LogP contribution in [0.25, 0.3) is 0 Å². The second-order valence-electron chi connectivity index (χ2n) is 5.48. The lowest BCUT2D eigenvalue weighted by molar-refractivity contribution is 0.0554. The van der Waals surface area contributed by atoms with E-state index >= 15 is 0 Å². The van der Waals surface area contributed by atoms with Crippen LogP contribution in [0.5, 0.6) is 0 Å². The molecule has 108 valence electrons. The molecule has 3 nitrogen and oxygen atoms in total. The summed E-state index contributed by atoms with van der Waals surface area (Å²) < 4.78 is 1.86. The van der Waals surface area contributed by atoms with E-state index in [1.807, 2.05) is 56.6 Å². The van der Waals surface area contributed by atoms with Gasteiger partial charge in [-0.15, -0.1) is 0 Å². The third-order valence-corrected chi connectivity index (χ3v) is 4.13. The molecule has 1 heterocycles. The van der Waals surface area contributed by atoms with Crippen molar-refractivity contribution in [3.05, 3.63) is 51.8 Å². The predicted molar refractivity (Wildman–Crippen MR) is 82.1 cm³/mol. The van der Waals surface area contributed by atoms with E-state index in [-0.39, 0.29) is 0 Å². The molecule has 1 aromatic carbocycles. The van der Waals surface area contributed by atoms with Gasteiger partial charge in [-0.2, -0.15) is 5.10 Å². The molecule has 2 rings (SSSR count). The third-order valence-electron chi connectivity index (χ3n) is 3.64. The van der Waals surface area contributed by atoms with Crippen molar-refractivity contribution in [1.82, 2.24) is 9.78 Å². The van der Waals surface area contributed by atoms with Crippen LogP contribution in [0.2, 0.25) is 5.02 Å². The van der Waals surface area contributed by atoms with Crippen molar-refractivity contribution < 1.29 is 5.11 Å². The van der Waals surface area contributed by atoms with Crippen molar-refractivity contribution in [3.63, 3.8) is 0 Å². The zero-order chi connectivity index (χ0) is 14.9. The second kappa shape index (κ2) is 5.58. The molecule has 1 unspecified atom stereocenters. The largest absolute Gasteiger partial charge is 0.385 e. The number of aryl methyl sites for hydroxylation is 3. The number of halogens is 1. The summed E-state index contributed by atoms with van der Waals surface area (Å²) in [5.74, 6) is 0. The molecule has 0 aliphatic heterocycles. The molecule has 0 bridgehead atoms. The Morgan fingerprint density at radius 3 is 2.40 bits per heavy atom. The van der Waals surface area contributed by atoms with Gasteiger partial charge in [0.1, 0.15) is 0 Å². The summed E-state index contributed by atoms with van der Waals surface area (Å²) in [6, 6.07) is 7.94. The summed E-state index contributed by atoms with van der Waals surface area (Å²) in [5.41, 5.74) is 2.80. The van der Waals surface area contributed by atoms with Gasteiger partial charge in [0.15, 0.2) is 0 Å². The highest BCUT2D eigenvalue weighted by Crippen LogP contribution is 2.30. The van der Waals surface area contributed by atoms with Crippen LogP contribution in [0.3, 0.4) is 0 Å². The standard InChI is InChI=1S/C16H21ClN2O/c1-5-19-14(15(17)12(3)18-19)10-16(4,20)13-8-6-11(2)7-9-13/h6-9,20H,5,10H2,1-4H3. The molecule has 0 spiro atoms. The van der Waals surface area contributed by atoms with Gasteiger partial charge in [0.05, 0.1) is 22.0 Å². The van der Waals surface area contributed by atoms with Crippen LogP contribution >= 0.6 is 11.6 Å². The molecular weight excluding hydrogens is 272 g/mol. The molecule has 0 aliphatic carbocycles. The number of nitrogens with zero attached hydrogens (tertiary/aromatic N) is 2. The molecule has 20 heavy (non-hydrogen) atoms. The van der Waals surface area contributed by atoms with E-state index in [0.29, 0.717) is 11.4 Å². The fourth-order valence-electron chi connectivity index (χ4n) is 2.38.